The van der Waals surface area contributed by atoms with Gasteiger partial charge in [-0.05, 0) is 35.9 Å². The zero-order chi connectivity index (χ0) is 13.2. The molecule has 3 rings (SSSR count). The van der Waals surface area contributed by atoms with Crippen molar-refractivity contribution >= 4 is 21.6 Å². The molecule has 0 bridgehead atoms. The van der Waals surface area contributed by atoms with Crippen LogP contribution in [0.15, 0.2) is 40.9 Å². The largest absolute Gasteiger partial charge is 0.454 e. The van der Waals surface area contributed by atoms with Gasteiger partial charge in [0.05, 0.1) is 0 Å². The van der Waals surface area contributed by atoms with E-state index in [1.165, 1.54) is 12.1 Å². The number of hydrogen-bond acceptors (Lipinski definition) is 3. The molecule has 0 saturated carbocycles. The SMILES string of the molecule is Fc1cc(Br)cc(CNc2ccc3c(c2)OCO3)c1. The van der Waals surface area contributed by atoms with E-state index in [1.807, 2.05) is 24.3 Å². The molecule has 0 radical (unpaired) electrons. The van der Waals surface area contributed by atoms with Crippen LogP contribution in [0.3, 0.4) is 0 Å². The second-order valence-corrected chi connectivity index (χ2v) is 5.11. The van der Waals surface area contributed by atoms with Gasteiger partial charge in [-0.2, -0.15) is 0 Å². The maximum atomic E-state index is 13.2. The number of ether oxygens (including phenoxy) is 2. The summed E-state index contributed by atoms with van der Waals surface area (Å²) in [5, 5.41) is 3.22. The summed E-state index contributed by atoms with van der Waals surface area (Å²) in [4.78, 5) is 0. The van der Waals surface area contributed by atoms with Crippen molar-refractivity contribution < 1.29 is 13.9 Å². The van der Waals surface area contributed by atoms with Crippen molar-refractivity contribution in [2.75, 3.05) is 12.1 Å². The zero-order valence-electron chi connectivity index (χ0n) is 9.95. The fraction of sp³-hybridized carbons (Fsp3) is 0.143. The molecule has 0 aliphatic carbocycles. The van der Waals surface area contributed by atoms with Gasteiger partial charge in [0.25, 0.3) is 0 Å². The van der Waals surface area contributed by atoms with Crippen molar-refractivity contribution in [1.29, 1.82) is 0 Å². The Labute approximate surface area is 118 Å². The molecule has 1 heterocycles. The predicted octanol–water partition coefficient (Wildman–Crippen LogP) is 3.93. The highest BCUT2D eigenvalue weighted by Gasteiger charge is 2.12. The minimum atomic E-state index is -0.253. The highest BCUT2D eigenvalue weighted by Crippen LogP contribution is 2.34. The molecule has 0 spiro atoms. The normalized spacial score (nSPS) is 12.5. The average Bonchev–Trinajstić information content (AvgIpc) is 2.82. The second-order valence-electron chi connectivity index (χ2n) is 4.20. The van der Waals surface area contributed by atoms with Crippen LogP contribution < -0.4 is 14.8 Å². The van der Waals surface area contributed by atoms with Crippen LogP contribution in [0.1, 0.15) is 5.56 Å². The lowest BCUT2D eigenvalue weighted by Crippen LogP contribution is -1.99. The topological polar surface area (TPSA) is 30.5 Å². The number of benzene rings is 2. The predicted molar refractivity (Wildman–Crippen MR) is 74.0 cm³/mol. The minimum absolute atomic E-state index is 0.253. The van der Waals surface area contributed by atoms with Crippen LogP contribution in [0.5, 0.6) is 11.5 Å². The monoisotopic (exact) mass is 323 g/mol. The number of rotatable bonds is 3. The van der Waals surface area contributed by atoms with Crippen molar-refractivity contribution in [2.45, 2.75) is 6.54 Å². The Morgan fingerprint density at radius 1 is 1.11 bits per heavy atom. The summed E-state index contributed by atoms with van der Waals surface area (Å²) >= 11 is 3.28. The highest BCUT2D eigenvalue weighted by atomic mass is 79.9. The lowest BCUT2D eigenvalue weighted by Gasteiger charge is -2.08. The maximum absolute atomic E-state index is 13.2. The number of anilines is 1. The summed E-state index contributed by atoms with van der Waals surface area (Å²) in [6.07, 6.45) is 0. The molecule has 19 heavy (non-hydrogen) atoms. The van der Waals surface area contributed by atoms with Crippen LogP contribution in [-0.2, 0) is 6.54 Å². The molecule has 98 valence electrons. The van der Waals surface area contributed by atoms with E-state index in [2.05, 4.69) is 21.2 Å². The first-order valence-corrected chi connectivity index (χ1v) is 6.58. The minimum Gasteiger partial charge on any atom is -0.454 e. The second kappa shape index (κ2) is 5.09. The van der Waals surface area contributed by atoms with E-state index in [-0.39, 0.29) is 12.6 Å². The number of halogens is 2. The fourth-order valence-electron chi connectivity index (χ4n) is 1.92. The average molecular weight is 324 g/mol. The molecular formula is C14H11BrFNO2. The summed E-state index contributed by atoms with van der Waals surface area (Å²) in [5.41, 5.74) is 1.77. The molecule has 0 fully saturated rings. The fourth-order valence-corrected chi connectivity index (χ4v) is 2.44. The van der Waals surface area contributed by atoms with E-state index in [4.69, 9.17) is 9.47 Å². The Hall–Kier alpha value is -1.75. The van der Waals surface area contributed by atoms with Crippen LogP contribution in [0.25, 0.3) is 0 Å². The van der Waals surface area contributed by atoms with E-state index in [9.17, 15) is 4.39 Å². The first kappa shape index (κ1) is 12.3. The van der Waals surface area contributed by atoms with Crippen molar-refractivity contribution in [3.05, 3.63) is 52.3 Å². The molecular weight excluding hydrogens is 313 g/mol. The molecule has 0 aromatic heterocycles. The third kappa shape index (κ3) is 2.81. The van der Waals surface area contributed by atoms with Crippen molar-refractivity contribution in [3.8, 4) is 11.5 Å². The molecule has 2 aromatic carbocycles. The van der Waals surface area contributed by atoms with Gasteiger partial charge in [0, 0.05) is 22.8 Å². The van der Waals surface area contributed by atoms with Gasteiger partial charge in [0.15, 0.2) is 11.5 Å². The maximum Gasteiger partial charge on any atom is 0.231 e. The molecule has 1 N–H and O–H groups in total. The van der Waals surface area contributed by atoms with Crippen molar-refractivity contribution in [1.82, 2.24) is 0 Å². The number of nitrogens with one attached hydrogen (secondary N) is 1. The first-order valence-electron chi connectivity index (χ1n) is 5.79. The van der Waals surface area contributed by atoms with E-state index in [0.717, 1.165) is 27.2 Å². The van der Waals surface area contributed by atoms with Gasteiger partial charge in [-0.25, -0.2) is 4.39 Å². The summed E-state index contributed by atoms with van der Waals surface area (Å²) in [6, 6.07) is 10.4. The van der Waals surface area contributed by atoms with Gasteiger partial charge in [-0.3, -0.25) is 0 Å². The van der Waals surface area contributed by atoms with Crippen LogP contribution in [0, 0.1) is 5.82 Å². The number of fused-ring (bicyclic) bond motifs is 1. The first-order chi connectivity index (χ1) is 9.20. The lowest BCUT2D eigenvalue weighted by molar-refractivity contribution is 0.174. The number of hydrogen-bond donors (Lipinski definition) is 1. The molecule has 0 atom stereocenters. The van der Waals surface area contributed by atoms with Crippen LogP contribution in [-0.4, -0.2) is 6.79 Å². The van der Waals surface area contributed by atoms with Crippen LogP contribution in [0.4, 0.5) is 10.1 Å². The Balaban J connectivity index is 1.72. The molecule has 0 amide bonds. The van der Waals surface area contributed by atoms with E-state index >= 15 is 0 Å². The van der Waals surface area contributed by atoms with Gasteiger partial charge in [0.2, 0.25) is 6.79 Å². The van der Waals surface area contributed by atoms with E-state index < -0.39 is 0 Å². The van der Waals surface area contributed by atoms with E-state index in [1.54, 1.807) is 0 Å². The lowest BCUT2D eigenvalue weighted by atomic mass is 10.2. The summed E-state index contributed by atoms with van der Waals surface area (Å²) < 4.78 is 24.5. The molecule has 0 unspecified atom stereocenters. The van der Waals surface area contributed by atoms with Gasteiger partial charge in [0.1, 0.15) is 5.82 Å². The third-order valence-electron chi connectivity index (χ3n) is 2.79. The Morgan fingerprint density at radius 3 is 2.79 bits per heavy atom. The summed E-state index contributed by atoms with van der Waals surface area (Å²) in [7, 11) is 0. The van der Waals surface area contributed by atoms with Gasteiger partial charge in [-0.15, -0.1) is 0 Å². The molecule has 1 aliphatic heterocycles. The quantitative estimate of drug-likeness (QED) is 0.928. The summed E-state index contributed by atoms with van der Waals surface area (Å²) in [6.45, 7) is 0.797. The Bertz CT molecular complexity index is 598. The van der Waals surface area contributed by atoms with Gasteiger partial charge < -0.3 is 14.8 Å². The molecule has 3 nitrogen and oxygen atoms in total. The van der Waals surface area contributed by atoms with Gasteiger partial charge in [-0.1, -0.05) is 15.9 Å². The molecule has 1 aliphatic rings. The molecule has 0 saturated heterocycles. The Morgan fingerprint density at radius 2 is 1.95 bits per heavy atom. The molecule has 5 heteroatoms. The smallest absolute Gasteiger partial charge is 0.231 e. The van der Waals surface area contributed by atoms with E-state index in [0.29, 0.717) is 6.54 Å². The highest BCUT2D eigenvalue weighted by molar-refractivity contribution is 9.10. The summed E-state index contributed by atoms with van der Waals surface area (Å²) in [5.74, 6) is 1.22. The van der Waals surface area contributed by atoms with Crippen LogP contribution >= 0.6 is 15.9 Å². The van der Waals surface area contributed by atoms with Crippen molar-refractivity contribution in [3.63, 3.8) is 0 Å². The van der Waals surface area contributed by atoms with Gasteiger partial charge >= 0.3 is 0 Å². The Kier molecular flexibility index (Phi) is 3.29. The van der Waals surface area contributed by atoms with Crippen LogP contribution in [0.2, 0.25) is 0 Å². The third-order valence-corrected chi connectivity index (χ3v) is 3.25. The zero-order valence-corrected chi connectivity index (χ0v) is 11.5. The molecule has 2 aromatic rings. The standard InChI is InChI=1S/C14H11BrFNO2/c15-10-3-9(4-11(16)5-10)7-17-12-1-2-13-14(6-12)19-8-18-13/h1-6,17H,7-8H2. The van der Waals surface area contributed by atoms with Crippen molar-refractivity contribution in [2.24, 2.45) is 0 Å².